The summed E-state index contributed by atoms with van der Waals surface area (Å²) < 4.78 is 11.5. The van der Waals surface area contributed by atoms with Crippen molar-refractivity contribution in [1.29, 1.82) is 0 Å². The number of likely N-dealkylation sites (tertiary alicyclic amines) is 1. The third kappa shape index (κ3) is 3.99. The van der Waals surface area contributed by atoms with Gasteiger partial charge >= 0.3 is 6.09 Å². The molecule has 2 fully saturated rings. The smallest absolute Gasteiger partial charge is 0.410 e. The minimum Gasteiger partial charge on any atom is -0.489 e. The SMILES string of the molecule is CC(C)(C)OC(=O)N1CCC(N2CCN3c4ccc(N)cc4OC[C@@H]3C2)CC1. The van der Waals surface area contributed by atoms with Crippen LogP contribution in [0.3, 0.4) is 0 Å². The van der Waals surface area contributed by atoms with Crippen molar-refractivity contribution >= 4 is 17.5 Å². The predicted molar refractivity (Wildman–Crippen MR) is 110 cm³/mol. The van der Waals surface area contributed by atoms with Gasteiger partial charge in [0, 0.05) is 50.5 Å². The lowest BCUT2D eigenvalue weighted by Crippen LogP contribution is -2.60. The highest BCUT2D eigenvalue weighted by Crippen LogP contribution is 2.37. The van der Waals surface area contributed by atoms with Gasteiger partial charge in [-0.1, -0.05) is 0 Å². The normalized spacial score (nSPS) is 23.6. The van der Waals surface area contributed by atoms with Crippen molar-refractivity contribution in [2.45, 2.75) is 51.3 Å². The number of nitrogen functional groups attached to an aromatic ring is 1. The summed E-state index contributed by atoms with van der Waals surface area (Å²) in [4.78, 5) is 19.2. The Hall–Kier alpha value is -2.15. The number of ether oxygens (including phenoxy) is 2. The first-order valence-electron chi connectivity index (χ1n) is 10.3. The van der Waals surface area contributed by atoms with E-state index in [9.17, 15) is 4.79 Å². The third-order valence-electron chi connectivity index (χ3n) is 5.87. The number of benzene rings is 1. The molecule has 2 saturated heterocycles. The van der Waals surface area contributed by atoms with Gasteiger partial charge in [-0.25, -0.2) is 4.79 Å². The van der Waals surface area contributed by atoms with Crippen molar-refractivity contribution in [1.82, 2.24) is 9.80 Å². The molecule has 4 rings (SSSR count). The fraction of sp³-hybridized carbons (Fsp3) is 0.667. The number of hydrogen-bond acceptors (Lipinski definition) is 6. The van der Waals surface area contributed by atoms with Crippen molar-refractivity contribution in [3.8, 4) is 5.75 Å². The van der Waals surface area contributed by atoms with E-state index >= 15 is 0 Å². The fourth-order valence-electron chi connectivity index (χ4n) is 4.48. The van der Waals surface area contributed by atoms with E-state index in [-0.39, 0.29) is 6.09 Å². The molecule has 0 unspecified atom stereocenters. The first-order valence-corrected chi connectivity index (χ1v) is 10.3. The van der Waals surface area contributed by atoms with Crippen LogP contribution in [-0.2, 0) is 4.74 Å². The average Bonchev–Trinajstić information content (AvgIpc) is 2.66. The van der Waals surface area contributed by atoms with Crippen LogP contribution in [-0.4, -0.2) is 72.9 Å². The zero-order valence-corrected chi connectivity index (χ0v) is 17.2. The van der Waals surface area contributed by atoms with Crippen molar-refractivity contribution < 1.29 is 14.3 Å². The minimum absolute atomic E-state index is 0.188. The number of carbonyl (C=O) groups is 1. The summed E-state index contributed by atoms with van der Waals surface area (Å²) in [6, 6.07) is 6.84. The molecular formula is C21H32N4O3. The fourth-order valence-corrected chi connectivity index (χ4v) is 4.48. The first-order chi connectivity index (χ1) is 13.3. The number of piperazine rings is 1. The number of nitrogens with two attached hydrogens (primary N) is 1. The van der Waals surface area contributed by atoms with E-state index in [1.54, 1.807) is 0 Å². The van der Waals surface area contributed by atoms with Gasteiger partial charge in [0.1, 0.15) is 18.0 Å². The largest absolute Gasteiger partial charge is 0.489 e. The zero-order chi connectivity index (χ0) is 19.9. The number of amides is 1. The highest BCUT2D eigenvalue weighted by atomic mass is 16.6. The van der Waals surface area contributed by atoms with Crippen molar-refractivity contribution in [2.75, 3.05) is 50.0 Å². The highest BCUT2D eigenvalue weighted by Gasteiger charge is 2.37. The molecule has 0 aliphatic carbocycles. The van der Waals surface area contributed by atoms with E-state index in [2.05, 4.69) is 15.9 Å². The number of anilines is 2. The lowest BCUT2D eigenvalue weighted by Gasteiger charge is -2.49. The zero-order valence-electron chi connectivity index (χ0n) is 17.2. The van der Waals surface area contributed by atoms with Gasteiger partial charge in [-0.2, -0.15) is 0 Å². The summed E-state index contributed by atoms with van der Waals surface area (Å²) in [7, 11) is 0. The van der Waals surface area contributed by atoms with Crippen molar-refractivity contribution in [3.05, 3.63) is 18.2 Å². The molecule has 154 valence electrons. The number of piperidine rings is 1. The molecular weight excluding hydrogens is 356 g/mol. The monoisotopic (exact) mass is 388 g/mol. The topological polar surface area (TPSA) is 71.3 Å². The number of rotatable bonds is 1. The minimum atomic E-state index is -0.438. The van der Waals surface area contributed by atoms with Gasteiger partial charge in [-0.05, 0) is 45.7 Å². The van der Waals surface area contributed by atoms with Crippen LogP contribution in [0, 0.1) is 0 Å². The molecule has 7 heteroatoms. The van der Waals surface area contributed by atoms with Crippen LogP contribution >= 0.6 is 0 Å². The van der Waals surface area contributed by atoms with Gasteiger partial charge in [0.25, 0.3) is 0 Å². The second-order valence-corrected chi connectivity index (χ2v) is 9.08. The maximum atomic E-state index is 12.3. The Morgan fingerprint density at radius 2 is 1.89 bits per heavy atom. The van der Waals surface area contributed by atoms with Crippen LogP contribution in [0.5, 0.6) is 5.75 Å². The van der Waals surface area contributed by atoms with E-state index in [0.29, 0.717) is 18.7 Å². The van der Waals surface area contributed by atoms with Crippen LogP contribution < -0.4 is 15.4 Å². The molecule has 1 atom stereocenters. The van der Waals surface area contributed by atoms with Crippen LogP contribution in [0.1, 0.15) is 33.6 Å². The third-order valence-corrected chi connectivity index (χ3v) is 5.87. The Kier molecular flexibility index (Phi) is 5.04. The molecule has 1 aromatic rings. The molecule has 3 aliphatic rings. The maximum absolute atomic E-state index is 12.3. The van der Waals surface area contributed by atoms with E-state index in [1.807, 2.05) is 37.8 Å². The van der Waals surface area contributed by atoms with Gasteiger partial charge in [0.05, 0.1) is 11.7 Å². The van der Waals surface area contributed by atoms with E-state index in [0.717, 1.165) is 62.7 Å². The number of carbonyl (C=O) groups excluding carboxylic acids is 1. The molecule has 2 N–H and O–H groups in total. The van der Waals surface area contributed by atoms with Crippen molar-refractivity contribution in [2.24, 2.45) is 0 Å². The molecule has 7 nitrogen and oxygen atoms in total. The van der Waals surface area contributed by atoms with Crippen LogP contribution in [0.2, 0.25) is 0 Å². The van der Waals surface area contributed by atoms with Crippen molar-refractivity contribution in [3.63, 3.8) is 0 Å². The molecule has 0 radical (unpaired) electrons. The molecule has 3 heterocycles. The van der Waals surface area contributed by atoms with Gasteiger partial charge in [0.15, 0.2) is 0 Å². The number of hydrogen-bond donors (Lipinski definition) is 1. The summed E-state index contributed by atoms with van der Waals surface area (Å²) >= 11 is 0. The molecule has 3 aliphatic heterocycles. The summed E-state index contributed by atoms with van der Waals surface area (Å²) in [6.07, 6.45) is 1.81. The van der Waals surface area contributed by atoms with Crippen LogP contribution in [0.15, 0.2) is 18.2 Å². The van der Waals surface area contributed by atoms with Gasteiger partial charge in [-0.15, -0.1) is 0 Å². The predicted octanol–water partition coefficient (Wildman–Crippen LogP) is 2.55. The van der Waals surface area contributed by atoms with E-state index in [1.165, 1.54) is 0 Å². The Labute approximate surface area is 167 Å². The summed E-state index contributed by atoms with van der Waals surface area (Å²) in [5.74, 6) is 0.898. The molecule has 0 aromatic heterocycles. The highest BCUT2D eigenvalue weighted by molar-refractivity contribution is 5.68. The molecule has 0 bridgehead atoms. The number of fused-ring (bicyclic) bond motifs is 3. The quantitative estimate of drug-likeness (QED) is 0.746. The molecule has 28 heavy (non-hydrogen) atoms. The van der Waals surface area contributed by atoms with Gasteiger partial charge < -0.3 is 25.0 Å². The lowest BCUT2D eigenvalue weighted by atomic mass is 10.00. The Morgan fingerprint density at radius 3 is 2.61 bits per heavy atom. The Bertz CT molecular complexity index is 725. The maximum Gasteiger partial charge on any atom is 0.410 e. The van der Waals surface area contributed by atoms with E-state index < -0.39 is 5.60 Å². The average molecular weight is 389 g/mol. The van der Waals surface area contributed by atoms with Gasteiger partial charge in [0.2, 0.25) is 0 Å². The van der Waals surface area contributed by atoms with Crippen LogP contribution in [0.4, 0.5) is 16.2 Å². The molecule has 1 amide bonds. The van der Waals surface area contributed by atoms with E-state index in [4.69, 9.17) is 15.2 Å². The number of nitrogens with zero attached hydrogens (tertiary/aromatic N) is 3. The molecule has 0 saturated carbocycles. The summed E-state index contributed by atoms with van der Waals surface area (Å²) in [5.41, 5.74) is 7.35. The molecule has 0 spiro atoms. The lowest BCUT2D eigenvalue weighted by molar-refractivity contribution is 0.0123. The Balaban J connectivity index is 1.32. The molecule has 1 aromatic carbocycles. The second kappa shape index (κ2) is 7.35. The van der Waals surface area contributed by atoms with Crippen LogP contribution in [0.25, 0.3) is 0 Å². The summed E-state index contributed by atoms with van der Waals surface area (Å²) in [5, 5.41) is 0. The Morgan fingerprint density at radius 1 is 1.14 bits per heavy atom. The van der Waals surface area contributed by atoms with Gasteiger partial charge in [-0.3, -0.25) is 4.90 Å². The standard InChI is InChI=1S/C21H32N4O3/c1-21(2,3)28-20(26)23-8-6-16(7-9-23)24-10-11-25-17(13-24)14-27-19-12-15(22)4-5-18(19)25/h4-5,12,16-17H,6-11,13-14,22H2,1-3H3/t17-/m0/s1. The second-order valence-electron chi connectivity index (χ2n) is 9.08. The first kappa shape index (κ1) is 19.2. The summed E-state index contributed by atoms with van der Waals surface area (Å²) in [6.45, 7) is 11.0.